The van der Waals surface area contributed by atoms with Gasteiger partial charge in [0.1, 0.15) is 0 Å². The number of nitrogens with zero attached hydrogens (tertiary/aromatic N) is 5. The van der Waals surface area contributed by atoms with Gasteiger partial charge in [0, 0.05) is 29.6 Å². The van der Waals surface area contributed by atoms with Crippen LogP contribution < -0.4 is 16.2 Å². The van der Waals surface area contributed by atoms with Crippen LogP contribution in [0.3, 0.4) is 0 Å². The summed E-state index contributed by atoms with van der Waals surface area (Å²) in [6, 6.07) is 15.9. The lowest BCUT2D eigenvalue weighted by atomic mass is 10.2. The number of anilines is 2. The monoisotopic (exact) mass is 429 g/mol. The Balaban J connectivity index is 1.56. The lowest BCUT2D eigenvalue weighted by Crippen LogP contribution is -2.21. The fourth-order valence-electron chi connectivity index (χ4n) is 2.70. The molecule has 0 amide bonds. The van der Waals surface area contributed by atoms with E-state index in [4.69, 9.17) is 17.4 Å². The first-order valence-electron chi connectivity index (χ1n) is 9.32. The topological polar surface area (TPSA) is 84.4 Å². The molecule has 3 aromatic rings. The van der Waals surface area contributed by atoms with Crippen molar-refractivity contribution in [2.45, 2.75) is 24.8 Å². The normalized spacial score (nSPS) is 11.1. The van der Waals surface area contributed by atoms with E-state index in [1.807, 2.05) is 36.4 Å². The summed E-state index contributed by atoms with van der Waals surface area (Å²) in [6.45, 7) is 6.26. The first-order chi connectivity index (χ1) is 14.1. The van der Waals surface area contributed by atoms with Crippen LogP contribution >= 0.6 is 23.4 Å². The van der Waals surface area contributed by atoms with E-state index in [2.05, 4.69) is 51.6 Å². The molecule has 9 heteroatoms. The molecule has 0 unspecified atom stereocenters. The molecule has 3 rings (SSSR count). The van der Waals surface area contributed by atoms with Crippen LogP contribution in [0.15, 0.2) is 58.8 Å². The Bertz CT molecular complexity index is 934. The van der Waals surface area contributed by atoms with Crippen molar-refractivity contribution < 1.29 is 0 Å². The van der Waals surface area contributed by atoms with Crippen molar-refractivity contribution >= 4 is 41.2 Å². The van der Waals surface area contributed by atoms with Gasteiger partial charge in [0.05, 0.1) is 6.21 Å². The van der Waals surface area contributed by atoms with Crippen molar-refractivity contribution in [2.75, 3.05) is 29.3 Å². The molecule has 0 atom stereocenters. The molecule has 0 saturated carbocycles. The molecular formula is C20H24ClN7S. The Morgan fingerprint density at radius 1 is 1.10 bits per heavy atom. The lowest BCUT2D eigenvalue weighted by Gasteiger charge is -2.20. The van der Waals surface area contributed by atoms with Gasteiger partial charge in [0.2, 0.25) is 5.16 Å². The highest BCUT2D eigenvalue weighted by Gasteiger charge is 2.09. The van der Waals surface area contributed by atoms with Crippen LogP contribution in [0.1, 0.15) is 25.0 Å². The molecule has 0 fully saturated rings. The number of halogens is 1. The van der Waals surface area contributed by atoms with Crippen LogP contribution in [0, 0.1) is 0 Å². The van der Waals surface area contributed by atoms with Gasteiger partial charge in [-0.25, -0.2) is 10.1 Å². The molecule has 1 aromatic heterocycles. The standard InChI is InChI=1S/C20H24ClN7S/c1-3-27(4-2)18-11-7-15(8-12-18)13-23-24-19-25-26-20(28(19)22)29-14-16-5-9-17(21)10-6-16/h5-13H,3-4,14,22H2,1-2H3,(H,24,25)/b23-13+. The second kappa shape index (κ2) is 10.2. The van der Waals surface area contributed by atoms with Crippen LogP contribution in [-0.4, -0.2) is 34.2 Å². The van der Waals surface area contributed by atoms with Crippen LogP contribution in [0.2, 0.25) is 5.02 Å². The highest BCUT2D eigenvalue weighted by molar-refractivity contribution is 7.98. The summed E-state index contributed by atoms with van der Waals surface area (Å²) in [4.78, 5) is 2.29. The van der Waals surface area contributed by atoms with Gasteiger partial charge in [-0.3, -0.25) is 0 Å². The fourth-order valence-corrected chi connectivity index (χ4v) is 3.64. The smallest absolute Gasteiger partial charge is 0.264 e. The number of hydrazone groups is 1. The molecule has 0 aliphatic carbocycles. The minimum Gasteiger partial charge on any atom is -0.372 e. The third-order valence-corrected chi connectivity index (χ3v) is 5.61. The van der Waals surface area contributed by atoms with E-state index in [9.17, 15) is 0 Å². The molecule has 0 saturated heterocycles. The number of benzene rings is 2. The second-order valence-electron chi connectivity index (χ2n) is 6.23. The van der Waals surface area contributed by atoms with Crippen molar-refractivity contribution in [1.82, 2.24) is 14.9 Å². The van der Waals surface area contributed by atoms with Gasteiger partial charge in [-0.05, 0) is 49.2 Å². The van der Waals surface area contributed by atoms with E-state index in [1.165, 1.54) is 22.1 Å². The van der Waals surface area contributed by atoms with Crippen molar-refractivity contribution in [2.24, 2.45) is 5.10 Å². The Morgan fingerprint density at radius 2 is 1.79 bits per heavy atom. The molecule has 0 bridgehead atoms. The van der Waals surface area contributed by atoms with E-state index in [1.54, 1.807) is 6.21 Å². The summed E-state index contributed by atoms with van der Waals surface area (Å²) in [5, 5.41) is 13.7. The largest absolute Gasteiger partial charge is 0.372 e. The predicted octanol–water partition coefficient (Wildman–Crippen LogP) is 4.23. The maximum Gasteiger partial charge on any atom is 0.264 e. The molecule has 0 aliphatic rings. The summed E-state index contributed by atoms with van der Waals surface area (Å²) in [5.41, 5.74) is 6.15. The highest BCUT2D eigenvalue weighted by Crippen LogP contribution is 2.22. The van der Waals surface area contributed by atoms with Gasteiger partial charge in [-0.2, -0.15) is 5.10 Å². The number of aromatic nitrogens is 3. The lowest BCUT2D eigenvalue weighted by molar-refractivity contribution is 0.847. The molecule has 0 aliphatic heterocycles. The van der Waals surface area contributed by atoms with Crippen molar-refractivity contribution in [3.8, 4) is 0 Å². The maximum absolute atomic E-state index is 6.06. The molecule has 3 N–H and O–H groups in total. The summed E-state index contributed by atoms with van der Waals surface area (Å²) in [7, 11) is 0. The van der Waals surface area contributed by atoms with Gasteiger partial charge in [-0.15, -0.1) is 10.2 Å². The zero-order valence-corrected chi connectivity index (χ0v) is 18.0. The van der Waals surface area contributed by atoms with E-state index < -0.39 is 0 Å². The SMILES string of the molecule is CCN(CC)c1ccc(/C=N/Nc2nnc(SCc3ccc(Cl)cc3)n2N)cc1. The summed E-state index contributed by atoms with van der Waals surface area (Å²) >= 11 is 7.40. The average molecular weight is 430 g/mol. The quantitative estimate of drug-likeness (QED) is 0.229. The number of hydrogen-bond donors (Lipinski definition) is 2. The van der Waals surface area contributed by atoms with E-state index in [-0.39, 0.29) is 0 Å². The number of nitrogen functional groups attached to an aromatic ring is 1. The average Bonchev–Trinajstić information content (AvgIpc) is 3.09. The van der Waals surface area contributed by atoms with E-state index in [0.717, 1.165) is 24.2 Å². The van der Waals surface area contributed by atoms with Crippen LogP contribution in [-0.2, 0) is 5.75 Å². The van der Waals surface area contributed by atoms with Crippen molar-refractivity contribution in [3.63, 3.8) is 0 Å². The molecular weight excluding hydrogens is 406 g/mol. The highest BCUT2D eigenvalue weighted by atomic mass is 35.5. The number of nitrogens with two attached hydrogens (primary N) is 1. The number of thioether (sulfide) groups is 1. The Kier molecular flexibility index (Phi) is 7.37. The van der Waals surface area contributed by atoms with Crippen LogP contribution in [0.4, 0.5) is 11.6 Å². The molecule has 7 nitrogen and oxygen atoms in total. The van der Waals surface area contributed by atoms with E-state index in [0.29, 0.717) is 21.9 Å². The third-order valence-electron chi connectivity index (χ3n) is 4.35. The molecule has 0 spiro atoms. The summed E-state index contributed by atoms with van der Waals surface area (Å²) in [6.07, 6.45) is 1.72. The first kappa shape index (κ1) is 21.0. The Labute approximate surface area is 179 Å². The van der Waals surface area contributed by atoms with Crippen molar-refractivity contribution in [3.05, 3.63) is 64.7 Å². The molecule has 1 heterocycles. The second-order valence-corrected chi connectivity index (χ2v) is 7.60. The number of nitrogens with one attached hydrogen (secondary N) is 1. The minimum atomic E-state index is 0.375. The number of rotatable bonds is 9. The summed E-state index contributed by atoms with van der Waals surface area (Å²) < 4.78 is 1.39. The molecule has 0 radical (unpaired) electrons. The molecule has 152 valence electrons. The zero-order chi connectivity index (χ0) is 20.6. The zero-order valence-electron chi connectivity index (χ0n) is 16.4. The van der Waals surface area contributed by atoms with Gasteiger partial charge in [0.25, 0.3) is 5.95 Å². The number of hydrogen-bond acceptors (Lipinski definition) is 7. The van der Waals surface area contributed by atoms with Gasteiger partial charge in [-0.1, -0.05) is 47.6 Å². The van der Waals surface area contributed by atoms with E-state index >= 15 is 0 Å². The third kappa shape index (κ3) is 5.65. The van der Waals surface area contributed by atoms with Gasteiger partial charge in [0.15, 0.2) is 0 Å². The van der Waals surface area contributed by atoms with Crippen molar-refractivity contribution in [1.29, 1.82) is 0 Å². The molecule has 29 heavy (non-hydrogen) atoms. The summed E-state index contributed by atoms with van der Waals surface area (Å²) in [5.74, 6) is 7.15. The fraction of sp³-hybridized carbons (Fsp3) is 0.250. The van der Waals surface area contributed by atoms with Gasteiger partial charge < -0.3 is 10.7 Å². The Morgan fingerprint density at radius 3 is 2.45 bits per heavy atom. The minimum absolute atomic E-state index is 0.375. The first-order valence-corrected chi connectivity index (χ1v) is 10.7. The van der Waals surface area contributed by atoms with Crippen LogP contribution in [0.25, 0.3) is 0 Å². The van der Waals surface area contributed by atoms with Gasteiger partial charge >= 0.3 is 0 Å². The van der Waals surface area contributed by atoms with Crippen LogP contribution in [0.5, 0.6) is 0 Å². The predicted molar refractivity (Wildman–Crippen MR) is 122 cm³/mol. The molecule has 2 aromatic carbocycles. The Hall–Kier alpha value is -2.71. The maximum atomic E-state index is 6.06.